The Morgan fingerprint density at radius 1 is 1.00 bits per heavy atom. The van der Waals surface area contributed by atoms with Gasteiger partial charge >= 0.3 is 6.18 Å². The van der Waals surface area contributed by atoms with E-state index in [9.17, 15) is 17.6 Å². The van der Waals surface area contributed by atoms with E-state index in [2.05, 4.69) is 10.1 Å². The summed E-state index contributed by atoms with van der Waals surface area (Å²) in [7, 11) is 0. The van der Waals surface area contributed by atoms with E-state index >= 15 is 0 Å². The van der Waals surface area contributed by atoms with Gasteiger partial charge in [-0.1, -0.05) is 11.6 Å². The van der Waals surface area contributed by atoms with Crippen LogP contribution in [0.2, 0.25) is 5.02 Å². The molecule has 3 nitrogen and oxygen atoms in total. The lowest BCUT2D eigenvalue weighted by molar-refractivity contribution is -0.141. The zero-order valence-corrected chi connectivity index (χ0v) is 12.1. The molecule has 0 unspecified atom stereocenters. The molecule has 0 radical (unpaired) electrons. The van der Waals surface area contributed by atoms with Crippen molar-refractivity contribution in [2.75, 3.05) is 0 Å². The average Bonchev–Trinajstić information content (AvgIpc) is 2.95. The minimum atomic E-state index is -4.56. The van der Waals surface area contributed by atoms with Crippen LogP contribution < -0.4 is 0 Å². The second-order valence-electron chi connectivity index (χ2n) is 4.68. The van der Waals surface area contributed by atoms with Crippen molar-refractivity contribution in [3.8, 4) is 16.9 Å². The molecule has 3 aromatic rings. The highest BCUT2D eigenvalue weighted by atomic mass is 35.5. The van der Waals surface area contributed by atoms with E-state index in [1.165, 1.54) is 29.1 Å². The molecule has 0 fully saturated rings. The van der Waals surface area contributed by atoms with Crippen LogP contribution in [0.5, 0.6) is 0 Å². The van der Waals surface area contributed by atoms with Gasteiger partial charge in [-0.25, -0.2) is 9.07 Å². The van der Waals surface area contributed by atoms with Gasteiger partial charge in [0.25, 0.3) is 0 Å². The molecule has 0 spiro atoms. The summed E-state index contributed by atoms with van der Waals surface area (Å²) in [4.78, 5) is 3.30. The van der Waals surface area contributed by atoms with E-state index in [1.54, 1.807) is 6.07 Å². The van der Waals surface area contributed by atoms with Gasteiger partial charge < -0.3 is 0 Å². The lowest BCUT2D eigenvalue weighted by Gasteiger charge is -2.11. The molecule has 2 aromatic heterocycles. The monoisotopic (exact) mass is 341 g/mol. The van der Waals surface area contributed by atoms with Gasteiger partial charge in [0.05, 0.1) is 17.6 Å². The van der Waals surface area contributed by atoms with Crippen LogP contribution in [0.4, 0.5) is 17.6 Å². The molecule has 118 valence electrons. The van der Waals surface area contributed by atoms with Crippen LogP contribution in [0, 0.1) is 5.82 Å². The molecule has 1 aromatic carbocycles. The van der Waals surface area contributed by atoms with E-state index in [1.807, 2.05) is 0 Å². The summed E-state index contributed by atoms with van der Waals surface area (Å²) in [5.41, 5.74) is -0.0648. The largest absolute Gasteiger partial charge is 0.433 e. The van der Waals surface area contributed by atoms with Crippen LogP contribution in [-0.2, 0) is 6.18 Å². The Hall–Kier alpha value is -2.41. The first-order valence-electron chi connectivity index (χ1n) is 6.39. The maximum Gasteiger partial charge on any atom is 0.433 e. The van der Waals surface area contributed by atoms with Gasteiger partial charge in [0.1, 0.15) is 11.5 Å². The molecule has 23 heavy (non-hydrogen) atoms. The maximum absolute atomic E-state index is 13.5. The third-order valence-electron chi connectivity index (χ3n) is 3.08. The fourth-order valence-electron chi connectivity index (χ4n) is 2.14. The van der Waals surface area contributed by atoms with Gasteiger partial charge in [0, 0.05) is 16.8 Å². The van der Waals surface area contributed by atoms with Crippen LogP contribution in [0.3, 0.4) is 0 Å². The second-order valence-corrected chi connectivity index (χ2v) is 5.12. The SMILES string of the molecule is Fc1cc(Cl)cc(-c2ccnn2-c2ccnc(C(F)(F)F)c2)c1. The molecule has 0 saturated heterocycles. The normalized spacial score (nSPS) is 11.7. The number of hydrogen-bond donors (Lipinski definition) is 0. The molecule has 0 aliphatic rings. The maximum atomic E-state index is 13.5. The predicted molar refractivity (Wildman–Crippen MR) is 76.8 cm³/mol. The fourth-order valence-corrected chi connectivity index (χ4v) is 2.36. The fraction of sp³-hybridized carbons (Fsp3) is 0.0667. The van der Waals surface area contributed by atoms with E-state index in [0.29, 0.717) is 11.3 Å². The molecule has 0 aliphatic heterocycles. The number of hydrogen-bond acceptors (Lipinski definition) is 2. The number of benzene rings is 1. The van der Waals surface area contributed by atoms with Crippen LogP contribution >= 0.6 is 11.6 Å². The van der Waals surface area contributed by atoms with Gasteiger partial charge in [-0.15, -0.1) is 0 Å². The molecular formula is C15H8ClF4N3. The van der Waals surface area contributed by atoms with Crippen molar-refractivity contribution in [1.82, 2.24) is 14.8 Å². The minimum absolute atomic E-state index is 0.160. The highest BCUT2D eigenvalue weighted by Crippen LogP contribution is 2.30. The van der Waals surface area contributed by atoms with E-state index in [-0.39, 0.29) is 10.7 Å². The number of aromatic nitrogens is 3. The Morgan fingerprint density at radius 3 is 2.48 bits per heavy atom. The number of nitrogens with zero attached hydrogens (tertiary/aromatic N) is 3. The summed E-state index contributed by atoms with van der Waals surface area (Å²) in [5, 5.41) is 4.18. The number of alkyl halides is 3. The van der Waals surface area contributed by atoms with Crippen LogP contribution in [0.1, 0.15) is 5.69 Å². The number of rotatable bonds is 2. The Kier molecular flexibility index (Phi) is 3.81. The highest BCUT2D eigenvalue weighted by Gasteiger charge is 2.32. The van der Waals surface area contributed by atoms with E-state index in [0.717, 1.165) is 18.3 Å². The van der Waals surface area contributed by atoms with Crippen LogP contribution in [0.25, 0.3) is 16.9 Å². The van der Waals surface area contributed by atoms with Gasteiger partial charge in [-0.3, -0.25) is 4.98 Å². The van der Waals surface area contributed by atoms with Crippen molar-refractivity contribution >= 4 is 11.6 Å². The molecule has 0 N–H and O–H groups in total. The first-order valence-corrected chi connectivity index (χ1v) is 6.76. The molecule has 3 rings (SSSR count). The van der Waals surface area contributed by atoms with Crippen molar-refractivity contribution in [2.24, 2.45) is 0 Å². The van der Waals surface area contributed by atoms with Crippen molar-refractivity contribution in [2.45, 2.75) is 6.18 Å². The van der Waals surface area contributed by atoms with Gasteiger partial charge in [0.2, 0.25) is 0 Å². The standard InChI is InChI=1S/C15H8ClF4N3/c16-10-5-9(6-11(17)7-10)13-2-4-22-23(13)12-1-3-21-14(8-12)15(18,19)20/h1-8H. The number of pyridine rings is 1. The second kappa shape index (κ2) is 5.66. The Morgan fingerprint density at radius 2 is 1.78 bits per heavy atom. The Balaban J connectivity index is 2.12. The summed E-state index contributed by atoms with van der Waals surface area (Å²) in [5.74, 6) is -0.550. The topological polar surface area (TPSA) is 30.7 Å². The first-order chi connectivity index (χ1) is 10.8. The van der Waals surface area contributed by atoms with E-state index in [4.69, 9.17) is 11.6 Å². The molecule has 2 heterocycles. The van der Waals surface area contributed by atoms with Crippen molar-refractivity contribution in [3.63, 3.8) is 0 Å². The van der Waals surface area contributed by atoms with Crippen molar-refractivity contribution in [3.05, 3.63) is 65.3 Å². The van der Waals surface area contributed by atoms with Gasteiger partial charge in [-0.2, -0.15) is 18.3 Å². The summed E-state index contributed by atoms with van der Waals surface area (Å²) in [6, 6.07) is 7.68. The Bertz CT molecular complexity index is 838. The van der Waals surface area contributed by atoms with Gasteiger partial charge in [-0.05, 0) is 36.4 Å². The lowest BCUT2D eigenvalue weighted by atomic mass is 10.1. The van der Waals surface area contributed by atoms with E-state index < -0.39 is 17.7 Å². The Labute approximate surface area is 133 Å². The third kappa shape index (κ3) is 3.19. The average molecular weight is 342 g/mol. The molecule has 0 amide bonds. The van der Waals surface area contributed by atoms with Crippen LogP contribution in [-0.4, -0.2) is 14.8 Å². The van der Waals surface area contributed by atoms with Crippen molar-refractivity contribution in [1.29, 1.82) is 0 Å². The molecule has 8 heteroatoms. The molecule has 0 bridgehead atoms. The summed E-state index contributed by atoms with van der Waals surface area (Å²) < 4.78 is 53.1. The quantitative estimate of drug-likeness (QED) is 0.630. The predicted octanol–water partition coefficient (Wildman–Crippen LogP) is 4.75. The van der Waals surface area contributed by atoms with Crippen LogP contribution in [0.15, 0.2) is 48.8 Å². The van der Waals surface area contributed by atoms with Gasteiger partial charge in [0.15, 0.2) is 0 Å². The minimum Gasteiger partial charge on any atom is -0.252 e. The summed E-state index contributed by atoms with van der Waals surface area (Å²) >= 11 is 5.82. The zero-order valence-electron chi connectivity index (χ0n) is 11.4. The first kappa shape index (κ1) is 15.5. The number of halogens is 5. The van der Waals surface area contributed by atoms with Crippen molar-refractivity contribution < 1.29 is 17.6 Å². The third-order valence-corrected chi connectivity index (χ3v) is 3.30. The smallest absolute Gasteiger partial charge is 0.252 e. The summed E-state index contributed by atoms with van der Waals surface area (Å²) in [6.45, 7) is 0. The molecule has 0 atom stereocenters. The summed E-state index contributed by atoms with van der Waals surface area (Å²) in [6.07, 6.45) is -2.12. The molecular weight excluding hydrogens is 334 g/mol. The highest BCUT2D eigenvalue weighted by molar-refractivity contribution is 6.30. The molecule has 0 aliphatic carbocycles. The lowest BCUT2D eigenvalue weighted by Crippen LogP contribution is -2.09. The zero-order chi connectivity index (χ0) is 16.6. The molecule has 0 saturated carbocycles.